The van der Waals surface area contributed by atoms with Gasteiger partial charge < -0.3 is 15.5 Å². The van der Waals surface area contributed by atoms with E-state index in [9.17, 15) is 15.3 Å². The summed E-state index contributed by atoms with van der Waals surface area (Å²) < 4.78 is 6.00. The predicted molar refractivity (Wildman–Crippen MR) is 98.0 cm³/mol. The third-order valence-electron chi connectivity index (χ3n) is 4.72. The lowest BCUT2D eigenvalue weighted by molar-refractivity contribution is 0.0169. The molecule has 2 aromatic rings. The summed E-state index contributed by atoms with van der Waals surface area (Å²) >= 11 is 0. The van der Waals surface area contributed by atoms with E-state index in [0.717, 1.165) is 18.4 Å². The summed E-state index contributed by atoms with van der Waals surface area (Å²) in [6.45, 7) is 0.459. The van der Waals surface area contributed by atoms with E-state index in [4.69, 9.17) is 10.5 Å². The van der Waals surface area contributed by atoms with Crippen LogP contribution in [0.25, 0.3) is 11.1 Å². The van der Waals surface area contributed by atoms with Crippen molar-refractivity contribution in [3.05, 3.63) is 51.3 Å². The number of nitrogens with two attached hydrogens (primary N) is 1. The van der Waals surface area contributed by atoms with Crippen molar-refractivity contribution in [2.24, 2.45) is 0 Å². The predicted octanol–water partition coefficient (Wildman–Crippen LogP) is 3.22. The maximum absolute atomic E-state index is 12.1. The van der Waals surface area contributed by atoms with Gasteiger partial charge in [-0.3, -0.25) is 4.79 Å². The SMILES string of the molecule is N#Cc1c(N)[nH]c(=O)c(C#N)c1-c1cccc(COC2CCCCC2)c1. The Morgan fingerprint density at radius 2 is 1.88 bits per heavy atom. The first-order chi connectivity index (χ1) is 12.6. The molecule has 0 spiro atoms. The number of nitrogens with one attached hydrogen (secondary N) is 1. The average molecular weight is 348 g/mol. The summed E-state index contributed by atoms with van der Waals surface area (Å²) in [6.07, 6.45) is 6.13. The first-order valence-electron chi connectivity index (χ1n) is 8.71. The van der Waals surface area contributed by atoms with E-state index < -0.39 is 5.56 Å². The van der Waals surface area contributed by atoms with Crippen LogP contribution in [0.2, 0.25) is 0 Å². The standard InChI is InChI=1S/C20H20N4O2/c21-10-16-18(17(11-22)20(25)24-19(16)23)14-6-4-5-13(9-14)12-26-15-7-2-1-3-8-15/h4-6,9,15H,1-3,7-8,12H2,(H3,23,24,25). The van der Waals surface area contributed by atoms with Crippen molar-refractivity contribution in [3.8, 4) is 23.3 Å². The van der Waals surface area contributed by atoms with Gasteiger partial charge in [0.05, 0.1) is 12.7 Å². The Hall–Kier alpha value is -3.09. The number of nitriles is 2. The number of H-pyrrole nitrogens is 1. The van der Waals surface area contributed by atoms with E-state index in [1.165, 1.54) is 19.3 Å². The van der Waals surface area contributed by atoms with Crippen LogP contribution >= 0.6 is 0 Å². The second kappa shape index (κ2) is 7.86. The van der Waals surface area contributed by atoms with Crippen molar-refractivity contribution in [2.45, 2.75) is 44.8 Å². The summed E-state index contributed by atoms with van der Waals surface area (Å²) in [4.78, 5) is 14.4. The molecule has 0 bridgehead atoms. The molecule has 0 unspecified atom stereocenters. The van der Waals surface area contributed by atoms with Crippen LogP contribution in [-0.4, -0.2) is 11.1 Å². The number of nitrogen functional groups attached to an aromatic ring is 1. The maximum Gasteiger partial charge on any atom is 0.268 e. The molecule has 0 atom stereocenters. The van der Waals surface area contributed by atoms with Crippen LogP contribution in [0.15, 0.2) is 29.1 Å². The molecule has 3 rings (SSSR count). The molecule has 0 aliphatic heterocycles. The zero-order valence-electron chi connectivity index (χ0n) is 14.4. The van der Waals surface area contributed by atoms with Gasteiger partial charge in [-0.05, 0) is 30.0 Å². The van der Waals surface area contributed by atoms with Crippen molar-refractivity contribution >= 4 is 5.82 Å². The summed E-state index contributed by atoms with van der Waals surface area (Å²) in [5.74, 6) is -0.0321. The van der Waals surface area contributed by atoms with E-state index in [0.29, 0.717) is 12.2 Å². The van der Waals surface area contributed by atoms with E-state index >= 15 is 0 Å². The lowest BCUT2D eigenvalue weighted by Gasteiger charge is -2.22. The number of rotatable bonds is 4. The van der Waals surface area contributed by atoms with Crippen LogP contribution in [-0.2, 0) is 11.3 Å². The molecule has 26 heavy (non-hydrogen) atoms. The Bertz CT molecular complexity index is 944. The van der Waals surface area contributed by atoms with Crippen molar-refractivity contribution < 1.29 is 4.74 Å². The summed E-state index contributed by atoms with van der Waals surface area (Å²) in [5.41, 5.74) is 6.99. The molecule has 0 radical (unpaired) electrons. The number of aromatic nitrogens is 1. The Labute approximate surface area is 151 Å². The molecule has 1 fully saturated rings. The molecular weight excluding hydrogens is 328 g/mol. The Morgan fingerprint density at radius 1 is 1.15 bits per heavy atom. The van der Waals surface area contributed by atoms with Gasteiger partial charge >= 0.3 is 0 Å². The van der Waals surface area contributed by atoms with Gasteiger partial charge in [-0.25, -0.2) is 0 Å². The number of aromatic amines is 1. The number of hydrogen-bond donors (Lipinski definition) is 2. The van der Waals surface area contributed by atoms with E-state index in [1.54, 1.807) is 6.07 Å². The quantitative estimate of drug-likeness (QED) is 0.880. The van der Waals surface area contributed by atoms with Gasteiger partial charge in [0.25, 0.3) is 5.56 Å². The minimum Gasteiger partial charge on any atom is -0.384 e. The molecule has 0 saturated heterocycles. The fourth-order valence-corrected chi connectivity index (χ4v) is 3.39. The number of ether oxygens (including phenoxy) is 1. The summed E-state index contributed by atoms with van der Waals surface area (Å²) in [5, 5.41) is 18.8. The molecule has 3 N–H and O–H groups in total. The molecular formula is C20H20N4O2. The second-order valence-corrected chi connectivity index (χ2v) is 6.49. The van der Waals surface area contributed by atoms with Crippen molar-refractivity contribution in [1.82, 2.24) is 4.98 Å². The van der Waals surface area contributed by atoms with E-state index in [1.807, 2.05) is 30.3 Å². The molecule has 6 heteroatoms. The van der Waals surface area contributed by atoms with Crippen LogP contribution in [0.4, 0.5) is 5.82 Å². The van der Waals surface area contributed by atoms with Gasteiger partial charge in [-0.2, -0.15) is 10.5 Å². The summed E-state index contributed by atoms with van der Waals surface area (Å²) in [7, 11) is 0. The van der Waals surface area contributed by atoms with Crippen LogP contribution in [0.3, 0.4) is 0 Å². The molecule has 6 nitrogen and oxygen atoms in total. The first-order valence-corrected chi connectivity index (χ1v) is 8.71. The molecule has 0 amide bonds. The van der Waals surface area contributed by atoms with Gasteiger partial charge in [-0.1, -0.05) is 37.5 Å². The van der Waals surface area contributed by atoms with Crippen molar-refractivity contribution in [1.29, 1.82) is 10.5 Å². The van der Waals surface area contributed by atoms with Gasteiger partial charge in [0.1, 0.15) is 29.1 Å². The first kappa shape index (κ1) is 17.7. The number of pyridine rings is 1. The Balaban J connectivity index is 1.94. The highest BCUT2D eigenvalue weighted by atomic mass is 16.5. The average Bonchev–Trinajstić information content (AvgIpc) is 2.67. The lowest BCUT2D eigenvalue weighted by Crippen LogP contribution is -2.17. The maximum atomic E-state index is 12.1. The fraction of sp³-hybridized carbons (Fsp3) is 0.350. The third-order valence-corrected chi connectivity index (χ3v) is 4.72. The van der Waals surface area contributed by atoms with Crippen molar-refractivity contribution in [2.75, 3.05) is 5.73 Å². The minimum absolute atomic E-state index is 0.0321. The smallest absolute Gasteiger partial charge is 0.268 e. The number of nitrogens with zero attached hydrogens (tertiary/aromatic N) is 2. The monoisotopic (exact) mass is 348 g/mol. The molecule has 1 aliphatic carbocycles. The molecule has 1 aliphatic rings. The fourth-order valence-electron chi connectivity index (χ4n) is 3.39. The number of anilines is 1. The largest absolute Gasteiger partial charge is 0.384 e. The highest BCUT2D eigenvalue weighted by Crippen LogP contribution is 2.29. The zero-order valence-corrected chi connectivity index (χ0v) is 14.4. The van der Waals surface area contributed by atoms with Crippen LogP contribution in [0, 0.1) is 22.7 Å². The van der Waals surface area contributed by atoms with Gasteiger partial charge in [-0.15, -0.1) is 0 Å². The molecule has 1 heterocycles. The minimum atomic E-state index is -0.595. The lowest BCUT2D eigenvalue weighted by atomic mass is 9.95. The Kier molecular flexibility index (Phi) is 5.36. The Morgan fingerprint density at radius 3 is 2.58 bits per heavy atom. The van der Waals surface area contributed by atoms with Gasteiger partial charge in [0, 0.05) is 5.56 Å². The number of hydrogen-bond acceptors (Lipinski definition) is 5. The van der Waals surface area contributed by atoms with Gasteiger partial charge in [0.15, 0.2) is 0 Å². The highest BCUT2D eigenvalue weighted by Gasteiger charge is 2.19. The van der Waals surface area contributed by atoms with Crippen LogP contribution < -0.4 is 11.3 Å². The summed E-state index contributed by atoms with van der Waals surface area (Å²) in [6, 6.07) is 11.2. The third kappa shape index (κ3) is 3.61. The highest BCUT2D eigenvalue weighted by molar-refractivity contribution is 5.80. The number of benzene rings is 1. The van der Waals surface area contributed by atoms with E-state index in [2.05, 4.69) is 4.98 Å². The molecule has 1 aromatic carbocycles. The second-order valence-electron chi connectivity index (χ2n) is 6.49. The van der Waals surface area contributed by atoms with Crippen LogP contribution in [0.5, 0.6) is 0 Å². The van der Waals surface area contributed by atoms with Crippen LogP contribution in [0.1, 0.15) is 48.8 Å². The van der Waals surface area contributed by atoms with Crippen molar-refractivity contribution in [3.63, 3.8) is 0 Å². The molecule has 1 aromatic heterocycles. The molecule has 132 valence electrons. The topological polar surface area (TPSA) is 116 Å². The van der Waals surface area contributed by atoms with E-state index in [-0.39, 0.29) is 28.6 Å². The molecule has 1 saturated carbocycles. The van der Waals surface area contributed by atoms with Gasteiger partial charge in [0.2, 0.25) is 0 Å². The normalized spacial score (nSPS) is 14.5. The zero-order chi connectivity index (χ0) is 18.5.